The van der Waals surface area contributed by atoms with E-state index >= 15 is 0 Å². The molecule has 1 rings (SSSR count). The van der Waals surface area contributed by atoms with Crippen molar-refractivity contribution >= 4 is 23.3 Å². The number of ether oxygens (including phenoxy) is 1. The van der Waals surface area contributed by atoms with Gasteiger partial charge in [-0.1, -0.05) is 42.5 Å². The van der Waals surface area contributed by atoms with Gasteiger partial charge in [-0.05, 0) is 5.56 Å². The lowest BCUT2D eigenvalue weighted by atomic mass is 10.2. The van der Waals surface area contributed by atoms with Gasteiger partial charge in [-0.3, -0.25) is 0 Å². The molecule has 1 amide bonds. The van der Waals surface area contributed by atoms with Gasteiger partial charge in [0.25, 0.3) is 0 Å². The van der Waals surface area contributed by atoms with Crippen LogP contribution in [-0.2, 0) is 11.3 Å². The van der Waals surface area contributed by atoms with Crippen molar-refractivity contribution in [3.63, 3.8) is 0 Å². The number of amides is 1. The third-order valence-electron chi connectivity index (χ3n) is 1.62. The van der Waals surface area contributed by atoms with Crippen LogP contribution in [0.4, 0.5) is 4.79 Å². The number of alkyl carbamates (subject to hydrolysis) is 1. The van der Waals surface area contributed by atoms with E-state index in [1.807, 2.05) is 30.3 Å². The Morgan fingerprint density at radius 1 is 1.40 bits per heavy atom. The van der Waals surface area contributed by atoms with Crippen molar-refractivity contribution in [1.82, 2.24) is 5.32 Å². The van der Waals surface area contributed by atoms with E-state index in [1.165, 1.54) is 0 Å². The predicted molar refractivity (Wildman–Crippen MR) is 61.4 cm³/mol. The highest BCUT2D eigenvalue weighted by molar-refractivity contribution is 7.80. The monoisotopic (exact) mass is 224 g/mol. The Balaban J connectivity index is 2.26. The third kappa shape index (κ3) is 4.97. The van der Waals surface area contributed by atoms with E-state index in [9.17, 15) is 4.79 Å². The first-order valence-electron chi connectivity index (χ1n) is 4.41. The molecule has 1 aromatic rings. The molecule has 4 nitrogen and oxygen atoms in total. The second-order valence-electron chi connectivity index (χ2n) is 2.88. The second kappa shape index (κ2) is 5.98. The van der Waals surface area contributed by atoms with Crippen LogP contribution in [0.5, 0.6) is 0 Å². The van der Waals surface area contributed by atoms with E-state index < -0.39 is 6.09 Å². The Kier molecular flexibility index (Phi) is 4.56. The third-order valence-corrected chi connectivity index (χ3v) is 1.76. The zero-order valence-electron chi connectivity index (χ0n) is 8.10. The highest BCUT2D eigenvalue weighted by Crippen LogP contribution is 2.00. The highest BCUT2D eigenvalue weighted by Gasteiger charge is 2.01. The summed E-state index contributed by atoms with van der Waals surface area (Å²) in [6, 6.07) is 9.41. The Labute approximate surface area is 93.4 Å². The van der Waals surface area contributed by atoms with Gasteiger partial charge >= 0.3 is 6.09 Å². The summed E-state index contributed by atoms with van der Waals surface area (Å²) < 4.78 is 4.91. The van der Waals surface area contributed by atoms with Gasteiger partial charge in [-0.15, -0.1) is 0 Å². The first-order chi connectivity index (χ1) is 7.18. The molecule has 0 fully saturated rings. The van der Waals surface area contributed by atoms with Crippen LogP contribution in [-0.4, -0.2) is 17.6 Å². The standard InChI is InChI=1S/C10H12N2O2S/c11-9(15)6-12-10(13)14-7-8-4-2-1-3-5-8/h1-5H,6-7H2,(H2,11,15)(H,12,13). The van der Waals surface area contributed by atoms with Crippen molar-refractivity contribution in [2.45, 2.75) is 6.61 Å². The van der Waals surface area contributed by atoms with Gasteiger partial charge in [0.05, 0.1) is 11.5 Å². The Morgan fingerprint density at radius 2 is 2.07 bits per heavy atom. The van der Waals surface area contributed by atoms with Crippen molar-refractivity contribution in [1.29, 1.82) is 0 Å². The van der Waals surface area contributed by atoms with Gasteiger partial charge in [-0.25, -0.2) is 4.79 Å². The van der Waals surface area contributed by atoms with Crippen molar-refractivity contribution in [3.8, 4) is 0 Å². The fourth-order valence-corrected chi connectivity index (χ4v) is 1.01. The molecule has 0 radical (unpaired) electrons. The maximum absolute atomic E-state index is 11.1. The zero-order chi connectivity index (χ0) is 11.1. The fraction of sp³-hybridized carbons (Fsp3) is 0.200. The van der Waals surface area contributed by atoms with E-state index in [0.29, 0.717) is 0 Å². The van der Waals surface area contributed by atoms with Crippen LogP contribution in [0.2, 0.25) is 0 Å². The molecule has 0 saturated carbocycles. The van der Waals surface area contributed by atoms with Crippen molar-refractivity contribution in [3.05, 3.63) is 35.9 Å². The maximum Gasteiger partial charge on any atom is 0.407 e. The average molecular weight is 224 g/mol. The first kappa shape index (κ1) is 11.5. The summed E-state index contributed by atoms with van der Waals surface area (Å²) in [6.45, 7) is 0.396. The number of thiocarbonyl (C=S) groups is 1. The fourth-order valence-electron chi connectivity index (χ4n) is 0.933. The Morgan fingerprint density at radius 3 is 2.67 bits per heavy atom. The number of carbonyl (C=O) groups is 1. The summed E-state index contributed by atoms with van der Waals surface area (Å²) in [5.74, 6) is 0. The topological polar surface area (TPSA) is 64.3 Å². The number of hydrogen-bond acceptors (Lipinski definition) is 3. The minimum atomic E-state index is -0.522. The smallest absolute Gasteiger partial charge is 0.407 e. The van der Waals surface area contributed by atoms with Crippen LogP contribution in [0.1, 0.15) is 5.56 Å². The molecule has 15 heavy (non-hydrogen) atoms. The largest absolute Gasteiger partial charge is 0.445 e. The highest BCUT2D eigenvalue weighted by atomic mass is 32.1. The molecule has 0 bridgehead atoms. The van der Waals surface area contributed by atoms with Gasteiger partial charge in [0.2, 0.25) is 0 Å². The van der Waals surface area contributed by atoms with Crippen molar-refractivity contribution in [2.24, 2.45) is 5.73 Å². The number of carbonyl (C=O) groups excluding carboxylic acids is 1. The van der Waals surface area contributed by atoms with E-state index in [4.69, 9.17) is 10.5 Å². The summed E-state index contributed by atoms with van der Waals surface area (Å²) in [6.07, 6.45) is -0.522. The number of benzene rings is 1. The van der Waals surface area contributed by atoms with Gasteiger partial charge in [0.15, 0.2) is 0 Å². The SMILES string of the molecule is NC(=S)CNC(=O)OCc1ccccc1. The summed E-state index contributed by atoms with van der Waals surface area (Å²) in [5.41, 5.74) is 6.14. The summed E-state index contributed by atoms with van der Waals surface area (Å²) in [7, 11) is 0. The number of hydrogen-bond donors (Lipinski definition) is 2. The molecule has 80 valence electrons. The quantitative estimate of drug-likeness (QED) is 0.754. The maximum atomic E-state index is 11.1. The molecule has 0 aliphatic rings. The zero-order valence-corrected chi connectivity index (χ0v) is 8.92. The molecule has 0 aromatic heterocycles. The Hall–Kier alpha value is -1.62. The minimum Gasteiger partial charge on any atom is -0.445 e. The molecular weight excluding hydrogens is 212 g/mol. The number of nitrogens with two attached hydrogens (primary N) is 1. The summed E-state index contributed by atoms with van der Waals surface area (Å²) in [4.78, 5) is 11.3. The van der Waals surface area contributed by atoms with E-state index in [2.05, 4.69) is 17.5 Å². The van der Waals surface area contributed by atoms with E-state index in [-0.39, 0.29) is 18.1 Å². The first-order valence-corrected chi connectivity index (χ1v) is 4.82. The van der Waals surface area contributed by atoms with Crippen LogP contribution >= 0.6 is 12.2 Å². The molecule has 3 N–H and O–H groups in total. The molecule has 0 aliphatic heterocycles. The summed E-state index contributed by atoms with van der Waals surface area (Å²) in [5, 5.41) is 2.42. The molecule has 0 aliphatic carbocycles. The van der Waals surface area contributed by atoms with Crippen LogP contribution < -0.4 is 11.1 Å². The number of nitrogens with one attached hydrogen (secondary N) is 1. The molecule has 0 unspecified atom stereocenters. The lowest BCUT2D eigenvalue weighted by Gasteiger charge is -2.05. The lowest BCUT2D eigenvalue weighted by molar-refractivity contribution is 0.141. The van der Waals surface area contributed by atoms with E-state index in [0.717, 1.165) is 5.56 Å². The predicted octanol–water partition coefficient (Wildman–Crippen LogP) is 1.20. The second-order valence-corrected chi connectivity index (χ2v) is 3.41. The van der Waals surface area contributed by atoms with Crippen LogP contribution in [0, 0.1) is 0 Å². The molecule has 5 heteroatoms. The van der Waals surface area contributed by atoms with Gasteiger partial charge in [0, 0.05) is 0 Å². The Bertz CT molecular complexity index is 341. The molecular formula is C10H12N2O2S. The van der Waals surface area contributed by atoms with Crippen LogP contribution in [0.25, 0.3) is 0 Å². The van der Waals surface area contributed by atoms with Crippen molar-refractivity contribution in [2.75, 3.05) is 6.54 Å². The molecule has 0 atom stereocenters. The average Bonchev–Trinajstić information content (AvgIpc) is 2.25. The van der Waals surface area contributed by atoms with Crippen molar-refractivity contribution < 1.29 is 9.53 Å². The molecule has 0 heterocycles. The normalized spacial score (nSPS) is 9.33. The lowest BCUT2D eigenvalue weighted by Crippen LogP contribution is -2.32. The molecule has 0 saturated heterocycles. The van der Waals surface area contributed by atoms with E-state index in [1.54, 1.807) is 0 Å². The van der Waals surface area contributed by atoms with Crippen LogP contribution in [0.3, 0.4) is 0 Å². The van der Waals surface area contributed by atoms with Gasteiger partial charge < -0.3 is 15.8 Å². The molecule has 0 spiro atoms. The minimum absolute atomic E-state index is 0.156. The number of rotatable bonds is 4. The van der Waals surface area contributed by atoms with Crippen LogP contribution in [0.15, 0.2) is 30.3 Å². The van der Waals surface area contributed by atoms with Gasteiger partial charge in [-0.2, -0.15) is 0 Å². The summed E-state index contributed by atoms with van der Waals surface area (Å²) >= 11 is 4.60. The van der Waals surface area contributed by atoms with Gasteiger partial charge in [0.1, 0.15) is 6.61 Å². The molecule has 1 aromatic carbocycles.